The summed E-state index contributed by atoms with van der Waals surface area (Å²) in [6, 6.07) is 13.3. The lowest BCUT2D eigenvalue weighted by Gasteiger charge is -2.11. The molecule has 19 heavy (non-hydrogen) atoms. The Morgan fingerprint density at radius 2 is 1.89 bits per heavy atom. The van der Waals surface area contributed by atoms with E-state index in [4.69, 9.17) is 34.3 Å². The number of rotatable bonds is 4. The van der Waals surface area contributed by atoms with Crippen LogP contribution in [0, 0.1) is 6.92 Å². The molecule has 2 aromatic carbocycles. The van der Waals surface area contributed by atoms with Crippen LogP contribution in [-0.4, -0.2) is 4.99 Å². The van der Waals surface area contributed by atoms with E-state index in [0.717, 1.165) is 27.5 Å². The first-order valence-corrected chi connectivity index (χ1v) is 6.62. The normalized spacial score (nSPS) is 10.2. The molecule has 0 spiro atoms. The molecule has 0 heterocycles. The van der Waals surface area contributed by atoms with Crippen LogP contribution in [-0.2, 0) is 6.61 Å². The second-order valence-corrected chi connectivity index (χ2v) is 5.14. The van der Waals surface area contributed by atoms with Crippen molar-refractivity contribution in [3.05, 3.63) is 64.2 Å². The molecule has 2 nitrogen and oxygen atoms in total. The van der Waals surface area contributed by atoms with Crippen LogP contribution in [0.5, 0.6) is 5.75 Å². The summed E-state index contributed by atoms with van der Waals surface area (Å²) < 4.78 is 5.80. The minimum absolute atomic E-state index is 0.372. The summed E-state index contributed by atoms with van der Waals surface area (Å²) in [5.74, 6) is 0.792. The maximum absolute atomic E-state index is 5.84. The molecular formula is C15H14ClNOS. The van der Waals surface area contributed by atoms with Crippen molar-refractivity contribution in [1.82, 2.24) is 0 Å². The predicted octanol–water partition coefficient (Wildman–Crippen LogP) is 3.86. The van der Waals surface area contributed by atoms with Crippen LogP contribution in [0.3, 0.4) is 0 Å². The average Bonchev–Trinajstić information content (AvgIpc) is 2.39. The third-order valence-electron chi connectivity index (χ3n) is 2.78. The Bertz CT molecular complexity index is 596. The summed E-state index contributed by atoms with van der Waals surface area (Å²) in [5, 5.41) is 0.718. The molecule has 2 rings (SSSR count). The van der Waals surface area contributed by atoms with Gasteiger partial charge < -0.3 is 10.5 Å². The van der Waals surface area contributed by atoms with Gasteiger partial charge in [-0.25, -0.2) is 0 Å². The molecule has 0 saturated carbocycles. The van der Waals surface area contributed by atoms with Crippen molar-refractivity contribution in [3.8, 4) is 5.75 Å². The third-order valence-corrected chi connectivity index (χ3v) is 3.27. The second kappa shape index (κ2) is 6.04. The molecule has 2 N–H and O–H groups in total. The molecule has 0 amide bonds. The monoisotopic (exact) mass is 291 g/mol. The lowest BCUT2D eigenvalue weighted by atomic mass is 10.1. The van der Waals surface area contributed by atoms with Crippen molar-refractivity contribution in [1.29, 1.82) is 0 Å². The number of ether oxygens (including phenoxy) is 1. The van der Waals surface area contributed by atoms with Gasteiger partial charge in [0.2, 0.25) is 0 Å². The minimum atomic E-state index is 0.372. The maximum Gasteiger partial charge on any atom is 0.123 e. The van der Waals surface area contributed by atoms with Crippen molar-refractivity contribution >= 4 is 28.8 Å². The van der Waals surface area contributed by atoms with Gasteiger partial charge in [0.05, 0.1) is 0 Å². The number of halogens is 1. The van der Waals surface area contributed by atoms with Crippen molar-refractivity contribution in [3.63, 3.8) is 0 Å². The van der Waals surface area contributed by atoms with Gasteiger partial charge in [-0.1, -0.05) is 48.1 Å². The van der Waals surface area contributed by atoms with E-state index in [0.29, 0.717) is 11.6 Å². The molecule has 0 aromatic heterocycles. The van der Waals surface area contributed by atoms with E-state index >= 15 is 0 Å². The van der Waals surface area contributed by atoms with E-state index in [9.17, 15) is 0 Å². The Balaban J connectivity index is 2.12. The van der Waals surface area contributed by atoms with Gasteiger partial charge in [0.25, 0.3) is 0 Å². The Morgan fingerprint density at radius 3 is 2.53 bits per heavy atom. The molecule has 0 atom stereocenters. The molecule has 0 aliphatic carbocycles. The lowest BCUT2D eigenvalue weighted by Crippen LogP contribution is -2.09. The average molecular weight is 292 g/mol. The van der Waals surface area contributed by atoms with Gasteiger partial charge in [-0.05, 0) is 36.2 Å². The summed E-state index contributed by atoms with van der Waals surface area (Å²) >= 11 is 10.8. The van der Waals surface area contributed by atoms with Crippen molar-refractivity contribution in [2.45, 2.75) is 13.5 Å². The van der Waals surface area contributed by atoms with E-state index in [1.807, 2.05) is 49.4 Å². The highest BCUT2D eigenvalue weighted by atomic mass is 35.5. The number of hydrogen-bond acceptors (Lipinski definition) is 2. The lowest BCUT2D eigenvalue weighted by molar-refractivity contribution is 0.304. The van der Waals surface area contributed by atoms with Crippen LogP contribution >= 0.6 is 23.8 Å². The van der Waals surface area contributed by atoms with E-state index in [1.165, 1.54) is 0 Å². The first-order valence-electron chi connectivity index (χ1n) is 5.84. The van der Waals surface area contributed by atoms with Crippen LogP contribution in [0.1, 0.15) is 16.7 Å². The summed E-state index contributed by atoms with van der Waals surface area (Å²) in [4.78, 5) is 0.372. The van der Waals surface area contributed by atoms with Crippen LogP contribution in [0.4, 0.5) is 0 Å². The van der Waals surface area contributed by atoms with Crippen LogP contribution < -0.4 is 10.5 Å². The number of nitrogens with two attached hydrogens (primary N) is 1. The highest BCUT2D eigenvalue weighted by molar-refractivity contribution is 7.80. The van der Waals surface area contributed by atoms with E-state index in [2.05, 4.69) is 0 Å². The Kier molecular flexibility index (Phi) is 4.40. The first-order chi connectivity index (χ1) is 9.06. The van der Waals surface area contributed by atoms with Gasteiger partial charge in [-0.15, -0.1) is 0 Å². The molecule has 0 unspecified atom stereocenters. The third kappa shape index (κ3) is 3.69. The van der Waals surface area contributed by atoms with Gasteiger partial charge in [0.15, 0.2) is 0 Å². The van der Waals surface area contributed by atoms with Crippen LogP contribution in [0.25, 0.3) is 0 Å². The smallest absolute Gasteiger partial charge is 0.123 e. The van der Waals surface area contributed by atoms with Crippen LogP contribution in [0.15, 0.2) is 42.5 Å². The van der Waals surface area contributed by atoms with E-state index in [1.54, 1.807) is 0 Å². The predicted molar refractivity (Wildman–Crippen MR) is 82.9 cm³/mol. The molecule has 0 bridgehead atoms. The standard InChI is InChI=1S/C15H14ClNOS/c1-10-2-5-12(15(17)19)8-14(10)18-9-11-3-6-13(16)7-4-11/h2-8H,9H2,1H3,(H2,17,19). The van der Waals surface area contributed by atoms with Gasteiger partial charge >= 0.3 is 0 Å². The van der Waals surface area contributed by atoms with Gasteiger partial charge in [0.1, 0.15) is 17.3 Å². The van der Waals surface area contributed by atoms with E-state index < -0.39 is 0 Å². The molecule has 0 aliphatic heterocycles. The molecule has 98 valence electrons. The largest absolute Gasteiger partial charge is 0.489 e. The topological polar surface area (TPSA) is 35.2 Å². The van der Waals surface area contributed by atoms with Crippen molar-refractivity contribution in [2.75, 3.05) is 0 Å². The highest BCUT2D eigenvalue weighted by Crippen LogP contribution is 2.21. The maximum atomic E-state index is 5.84. The minimum Gasteiger partial charge on any atom is -0.489 e. The summed E-state index contributed by atoms with van der Waals surface area (Å²) in [6.07, 6.45) is 0. The number of aryl methyl sites for hydroxylation is 1. The first kappa shape index (κ1) is 13.8. The van der Waals surface area contributed by atoms with Gasteiger partial charge in [-0.2, -0.15) is 0 Å². The molecular weight excluding hydrogens is 278 g/mol. The Morgan fingerprint density at radius 1 is 1.21 bits per heavy atom. The quantitative estimate of drug-likeness (QED) is 0.869. The molecule has 0 saturated heterocycles. The van der Waals surface area contributed by atoms with Gasteiger partial charge in [-0.3, -0.25) is 0 Å². The SMILES string of the molecule is Cc1ccc(C(N)=S)cc1OCc1ccc(Cl)cc1. The molecule has 0 aliphatic rings. The fourth-order valence-electron chi connectivity index (χ4n) is 1.65. The summed E-state index contributed by atoms with van der Waals surface area (Å²) in [7, 11) is 0. The fraction of sp³-hybridized carbons (Fsp3) is 0.133. The van der Waals surface area contributed by atoms with Crippen molar-refractivity contribution in [2.24, 2.45) is 5.73 Å². The Labute approximate surface area is 123 Å². The molecule has 2 aromatic rings. The zero-order chi connectivity index (χ0) is 13.8. The fourth-order valence-corrected chi connectivity index (χ4v) is 1.90. The highest BCUT2D eigenvalue weighted by Gasteiger charge is 2.04. The molecule has 4 heteroatoms. The molecule has 0 fully saturated rings. The summed E-state index contributed by atoms with van der Waals surface area (Å²) in [5.41, 5.74) is 8.54. The summed E-state index contributed by atoms with van der Waals surface area (Å²) in [6.45, 7) is 2.47. The zero-order valence-corrected chi connectivity index (χ0v) is 12.1. The Hall–Kier alpha value is -1.58. The second-order valence-electron chi connectivity index (χ2n) is 4.26. The number of hydrogen-bond donors (Lipinski definition) is 1. The number of benzene rings is 2. The molecule has 0 radical (unpaired) electrons. The van der Waals surface area contributed by atoms with Gasteiger partial charge in [0, 0.05) is 10.6 Å². The zero-order valence-electron chi connectivity index (χ0n) is 10.5. The number of thiocarbonyl (C=S) groups is 1. The van der Waals surface area contributed by atoms with Crippen molar-refractivity contribution < 1.29 is 4.74 Å². The van der Waals surface area contributed by atoms with E-state index in [-0.39, 0.29) is 0 Å². The van der Waals surface area contributed by atoms with Crippen LogP contribution in [0.2, 0.25) is 5.02 Å².